The molecule has 0 spiro atoms. The Morgan fingerprint density at radius 3 is 2.91 bits per heavy atom. The molecule has 5 atom stereocenters. The molecule has 0 radical (unpaired) electrons. The van der Waals surface area contributed by atoms with Gasteiger partial charge in [0.1, 0.15) is 24.1 Å². The molecule has 0 saturated carbocycles. The highest BCUT2D eigenvalue weighted by molar-refractivity contribution is 5.81. The van der Waals surface area contributed by atoms with Gasteiger partial charge in [0.15, 0.2) is 17.7 Å². The van der Waals surface area contributed by atoms with E-state index >= 15 is 0 Å². The van der Waals surface area contributed by atoms with Gasteiger partial charge in [0.2, 0.25) is 0 Å². The van der Waals surface area contributed by atoms with Crippen LogP contribution in [-0.2, 0) is 4.74 Å². The van der Waals surface area contributed by atoms with Crippen LogP contribution >= 0.6 is 0 Å². The molecule has 0 aliphatic carbocycles. The molecule has 126 valence electrons. The summed E-state index contributed by atoms with van der Waals surface area (Å²) in [5.74, 6) is 0.289. The second kappa shape index (κ2) is 6.36. The molecule has 3 heterocycles. The minimum absolute atomic E-state index is 0.188. The Hall–Kier alpha value is -1.81. The van der Waals surface area contributed by atoms with Crippen LogP contribution in [0.1, 0.15) is 26.5 Å². The first-order valence-corrected chi connectivity index (χ1v) is 7.70. The molecule has 9 nitrogen and oxygen atoms in total. The number of rotatable bonds is 5. The van der Waals surface area contributed by atoms with Gasteiger partial charge in [-0.25, -0.2) is 15.0 Å². The number of aliphatic hydroxyl groups excluding tert-OH is 2. The Morgan fingerprint density at radius 2 is 2.22 bits per heavy atom. The number of nitrogens with two attached hydrogens (primary N) is 1. The summed E-state index contributed by atoms with van der Waals surface area (Å²) < 4.78 is 7.55. The maximum Gasteiger partial charge on any atom is 0.167 e. The van der Waals surface area contributed by atoms with Crippen molar-refractivity contribution in [3.63, 3.8) is 0 Å². The fourth-order valence-electron chi connectivity index (χ4n) is 2.82. The monoisotopic (exact) mass is 322 g/mol. The van der Waals surface area contributed by atoms with Crippen molar-refractivity contribution in [2.24, 2.45) is 0 Å². The number of aliphatic hydroxyl groups is 2. The van der Waals surface area contributed by atoms with Crippen LogP contribution in [0.15, 0.2) is 12.7 Å². The molecule has 9 heteroatoms. The van der Waals surface area contributed by atoms with Gasteiger partial charge in [-0.1, -0.05) is 6.92 Å². The Kier molecular flexibility index (Phi) is 4.44. The zero-order chi connectivity index (χ0) is 16.6. The van der Waals surface area contributed by atoms with Crippen LogP contribution in [0.2, 0.25) is 0 Å². The molecule has 5 N–H and O–H groups in total. The fourth-order valence-corrected chi connectivity index (χ4v) is 2.82. The van der Waals surface area contributed by atoms with Crippen molar-refractivity contribution in [2.75, 3.05) is 12.3 Å². The molecule has 0 bridgehead atoms. The number of anilines is 1. The largest absolute Gasteiger partial charge is 0.394 e. The summed E-state index contributed by atoms with van der Waals surface area (Å²) in [6, 6.07) is -0.205. The minimum Gasteiger partial charge on any atom is -0.394 e. The van der Waals surface area contributed by atoms with E-state index in [2.05, 4.69) is 27.2 Å². The first-order chi connectivity index (χ1) is 11.1. The molecule has 0 aromatic carbocycles. The molecule has 1 unspecified atom stereocenters. The summed E-state index contributed by atoms with van der Waals surface area (Å²) in [6.07, 6.45) is 1.78. The van der Waals surface area contributed by atoms with Crippen LogP contribution in [0.25, 0.3) is 11.2 Å². The van der Waals surface area contributed by atoms with Gasteiger partial charge in [-0.15, -0.1) is 0 Å². The number of nitrogens with zero attached hydrogens (tertiary/aromatic N) is 4. The number of fused-ring (bicyclic) bond motifs is 1. The number of nitrogen functional groups attached to an aromatic ring is 1. The molecular weight excluding hydrogens is 300 g/mol. The normalized spacial score (nSPS) is 29.2. The average molecular weight is 322 g/mol. The molecule has 2 aromatic rings. The molecule has 3 rings (SSSR count). The van der Waals surface area contributed by atoms with Gasteiger partial charge in [-0.2, -0.15) is 0 Å². The first kappa shape index (κ1) is 16.1. The summed E-state index contributed by atoms with van der Waals surface area (Å²) in [7, 11) is 0. The summed E-state index contributed by atoms with van der Waals surface area (Å²) >= 11 is 0. The molecule has 23 heavy (non-hydrogen) atoms. The average Bonchev–Trinajstić information content (AvgIpc) is 3.10. The first-order valence-electron chi connectivity index (χ1n) is 7.70. The van der Waals surface area contributed by atoms with E-state index in [-0.39, 0.29) is 18.5 Å². The molecule has 1 aliphatic rings. The minimum atomic E-state index is -0.837. The number of hydrogen-bond donors (Lipinski definition) is 4. The number of aromatic nitrogens is 4. The highest BCUT2D eigenvalue weighted by Crippen LogP contribution is 2.32. The van der Waals surface area contributed by atoms with Crippen molar-refractivity contribution in [1.82, 2.24) is 24.8 Å². The lowest BCUT2D eigenvalue weighted by atomic mass is 10.1. The van der Waals surface area contributed by atoms with Gasteiger partial charge < -0.3 is 26.0 Å². The molecule has 1 saturated heterocycles. The lowest BCUT2D eigenvalue weighted by molar-refractivity contribution is -0.0442. The third-order valence-corrected chi connectivity index (χ3v) is 4.30. The van der Waals surface area contributed by atoms with Gasteiger partial charge in [0.05, 0.1) is 19.0 Å². The Morgan fingerprint density at radius 1 is 1.43 bits per heavy atom. The van der Waals surface area contributed by atoms with Crippen LogP contribution < -0.4 is 11.1 Å². The summed E-state index contributed by atoms with van der Waals surface area (Å²) in [5.41, 5.74) is 6.83. The second-order valence-electron chi connectivity index (χ2n) is 5.82. The van der Waals surface area contributed by atoms with E-state index in [1.807, 2.05) is 6.92 Å². The number of imidazole rings is 1. The van der Waals surface area contributed by atoms with Crippen molar-refractivity contribution >= 4 is 17.0 Å². The maximum absolute atomic E-state index is 10.5. The van der Waals surface area contributed by atoms with Crippen molar-refractivity contribution in [3.8, 4) is 0 Å². The maximum atomic E-state index is 10.5. The van der Waals surface area contributed by atoms with Gasteiger partial charge in [-0.3, -0.25) is 4.57 Å². The van der Waals surface area contributed by atoms with Crippen LogP contribution in [0.5, 0.6) is 0 Å². The number of hydrogen-bond acceptors (Lipinski definition) is 8. The Balaban J connectivity index is 1.98. The van der Waals surface area contributed by atoms with Gasteiger partial charge in [-0.05, 0) is 13.3 Å². The predicted octanol–water partition coefficient (Wildman–Crippen LogP) is -0.584. The highest BCUT2D eigenvalue weighted by atomic mass is 16.5. The van der Waals surface area contributed by atoms with Crippen molar-refractivity contribution in [2.45, 2.75) is 50.8 Å². The summed E-state index contributed by atoms with van der Waals surface area (Å²) in [5, 5.41) is 23.2. The van der Waals surface area contributed by atoms with E-state index in [0.29, 0.717) is 11.2 Å². The van der Waals surface area contributed by atoms with E-state index in [4.69, 9.17) is 10.5 Å². The second-order valence-corrected chi connectivity index (χ2v) is 5.82. The Bertz CT molecular complexity index is 678. The zero-order valence-corrected chi connectivity index (χ0v) is 13.1. The zero-order valence-electron chi connectivity index (χ0n) is 13.1. The number of nitrogens with one attached hydrogen (secondary N) is 1. The van der Waals surface area contributed by atoms with E-state index < -0.39 is 24.5 Å². The van der Waals surface area contributed by atoms with E-state index in [1.54, 1.807) is 10.9 Å². The summed E-state index contributed by atoms with van der Waals surface area (Å²) in [4.78, 5) is 12.4. The Labute approximate surface area is 133 Å². The highest BCUT2D eigenvalue weighted by Gasteiger charge is 2.45. The summed E-state index contributed by atoms with van der Waals surface area (Å²) in [6.45, 7) is 3.82. The van der Waals surface area contributed by atoms with Crippen LogP contribution in [0, 0.1) is 0 Å². The van der Waals surface area contributed by atoms with Gasteiger partial charge in [0, 0.05) is 6.04 Å². The quantitative estimate of drug-likeness (QED) is 0.575. The third-order valence-electron chi connectivity index (χ3n) is 4.30. The SMILES string of the molecule is CCC(C)N[C@@H]1[C@@H](O)[C@@H](CO)O[C@H]1n1cnc2c(N)ncnc21. The topological polar surface area (TPSA) is 131 Å². The third kappa shape index (κ3) is 2.76. The van der Waals surface area contributed by atoms with Crippen molar-refractivity contribution < 1.29 is 14.9 Å². The van der Waals surface area contributed by atoms with Crippen molar-refractivity contribution in [1.29, 1.82) is 0 Å². The van der Waals surface area contributed by atoms with E-state index in [9.17, 15) is 10.2 Å². The molecular formula is C14H22N6O3. The fraction of sp³-hybridized carbons (Fsp3) is 0.643. The van der Waals surface area contributed by atoms with Gasteiger partial charge >= 0.3 is 0 Å². The predicted molar refractivity (Wildman–Crippen MR) is 83.4 cm³/mol. The molecule has 0 amide bonds. The molecule has 2 aromatic heterocycles. The van der Waals surface area contributed by atoms with Gasteiger partial charge in [0.25, 0.3) is 0 Å². The van der Waals surface area contributed by atoms with Crippen LogP contribution in [-0.4, -0.2) is 60.6 Å². The lowest BCUT2D eigenvalue weighted by Crippen LogP contribution is -2.47. The van der Waals surface area contributed by atoms with Crippen LogP contribution in [0.3, 0.4) is 0 Å². The number of ether oxygens (including phenoxy) is 1. The van der Waals surface area contributed by atoms with E-state index in [1.165, 1.54) is 6.33 Å². The van der Waals surface area contributed by atoms with E-state index in [0.717, 1.165) is 6.42 Å². The smallest absolute Gasteiger partial charge is 0.167 e. The van der Waals surface area contributed by atoms with Crippen molar-refractivity contribution in [3.05, 3.63) is 12.7 Å². The molecule has 1 fully saturated rings. The standard InChI is InChI=1S/C14H22N6O3/c1-3-7(2)19-9-11(22)8(4-21)23-14(9)20-6-18-10-12(15)16-5-17-13(10)20/h5-9,11,14,19,21-22H,3-4H2,1-2H3,(H2,15,16,17)/t7?,8-,9-,11+,14-/m1/s1. The lowest BCUT2D eigenvalue weighted by Gasteiger charge is -2.26. The van der Waals surface area contributed by atoms with Crippen LogP contribution in [0.4, 0.5) is 5.82 Å². The molecule has 1 aliphatic heterocycles.